The molecule has 0 aromatic rings. The van der Waals surface area contributed by atoms with Crippen LogP contribution in [-0.4, -0.2) is 11.4 Å². The highest BCUT2D eigenvalue weighted by atomic mass is 35.5. The maximum absolute atomic E-state index is 7.19. The van der Waals surface area contributed by atoms with Gasteiger partial charge in [-0.25, -0.2) is 0 Å². The van der Waals surface area contributed by atoms with Crippen LogP contribution in [0.2, 0.25) is 0 Å². The van der Waals surface area contributed by atoms with Crippen LogP contribution in [0.15, 0.2) is 0 Å². The highest BCUT2D eigenvalue weighted by molar-refractivity contribution is 5.85. The molecule has 0 saturated carbocycles. The number of hydrogen-bond donors (Lipinski definition) is 2. The molecule has 0 atom stereocenters. The van der Waals surface area contributed by atoms with E-state index >= 15 is 0 Å². The fraction of sp³-hybridized carbons (Fsp3) is 0.833. The van der Waals surface area contributed by atoms with Crippen molar-refractivity contribution >= 4 is 18.2 Å². The maximum Gasteiger partial charge on any atom is 0.0936 e. The minimum atomic E-state index is 0. The largest absolute Gasteiger partial charge is 0.369 e. The average Bonchev–Trinajstić information content (AvgIpc) is 1.82. The van der Waals surface area contributed by atoms with Crippen molar-refractivity contribution in [3.8, 4) is 0 Å². The number of amidine groups is 1. The van der Waals surface area contributed by atoms with Crippen molar-refractivity contribution in [1.29, 1.82) is 5.41 Å². The molecule has 0 radical (unpaired) electrons. The summed E-state index contributed by atoms with van der Waals surface area (Å²) >= 11 is 0. The molecule has 0 aromatic carbocycles. The number of hydrogen-bond acceptors (Lipinski definition) is 1. The van der Waals surface area contributed by atoms with Gasteiger partial charge < -0.3 is 5.32 Å². The molecule has 54 valence electrons. The molecule has 1 rings (SSSR count). The molecule has 0 aliphatic carbocycles. The Morgan fingerprint density at radius 2 is 2.11 bits per heavy atom. The Kier molecular flexibility index (Phi) is 2.50. The molecule has 9 heavy (non-hydrogen) atoms. The second-order valence-electron chi connectivity index (χ2n) is 2.99. The summed E-state index contributed by atoms with van der Waals surface area (Å²) < 4.78 is 0. The molecule has 0 unspecified atom stereocenters. The van der Waals surface area contributed by atoms with Crippen LogP contribution in [0.1, 0.15) is 26.7 Å². The zero-order chi connectivity index (χ0) is 6.20. The van der Waals surface area contributed by atoms with E-state index in [9.17, 15) is 0 Å². The Morgan fingerprint density at radius 1 is 1.56 bits per heavy atom. The average molecular weight is 149 g/mol. The van der Waals surface area contributed by atoms with Crippen molar-refractivity contribution in [1.82, 2.24) is 5.32 Å². The van der Waals surface area contributed by atoms with Gasteiger partial charge in [-0.1, -0.05) is 0 Å². The first-order chi connectivity index (χ1) is 3.60. The molecule has 1 saturated heterocycles. The van der Waals surface area contributed by atoms with Crippen LogP contribution in [0.3, 0.4) is 0 Å². The SMILES string of the molecule is CC1(C)CCC(=N)N1.Cl. The quantitative estimate of drug-likeness (QED) is 0.537. The van der Waals surface area contributed by atoms with Crippen molar-refractivity contribution < 1.29 is 0 Å². The Hall–Kier alpha value is -0.240. The summed E-state index contributed by atoms with van der Waals surface area (Å²) in [6, 6.07) is 0. The Balaban J connectivity index is 0.000000640. The lowest BCUT2D eigenvalue weighted by atomic mass is 10.0. The Labute approximate surface area is 61.9 Å². The standard InChI is InChI=1S/C6H12N2.ClH/c1-6(2)4-3-5(7)8-6;/h3-4H2,1-2H3,(H2,7,8);1H. The van der Waals surface area contributed by atoms with Gasteiger partial charge in [0.25, 0.3) is 0 Å². The molecule has 2 nitrogen and oxygen atoms in total. The molecule has 0 bridgehead atoms. The fourth-order valence-corrected chi connectivity index (χ4v) is 0.971. The van der Waals surface area contributed by atoms with Crippen LogP contribution in [0.25, 0.3) is 0 Å². The van der Waals surface area contributed by atoms with Crippen molar-refractivity contribution in [3.05, 3.63) is 0 Å². The van der Waals surface area contributed by atoms with Gasteiger partial charge in [0.15, 0.2) is 0 Å². The molecule has 1 fully saturated rings. The van der Waals surface area contributed by atoms with Gasteiger partial charge in [-0.15, -0.1) is 12.4 Å². The van der Waals surface area contributed by atoms with Crippen LogP contribution in [0.4, 0.5) is 0 Å². The van der Waals surface area contributed by atoms with Crippen molar-refractivity contribution in [2.45, 2.75) is 32.2 Å². The van der Waals surface area contributed by atoms with Gasteiger partial charge in [0.2, 0.25) is 0 Å². The lowest BCUT2D eigenvalue weighted by Crippen LogP contribution is -2.34. The number of halogens is 1. The second kappa shape index (κ2) is 2.56. The molecule has 1 heterocycles. The van der Waals surface area contributed by atoms with E-state index in [2.05, 4.69) is 19.2 Å². The predicted molar refractivity (Wildman–Crippen MR) is 41.4 cm³/mol. The minimum Gasteiger partial charge on any atom is -0.369 e. The van der Waals surface area contributed by atoms with Crippen molar-refractivity contribution in [2.24, 2.45) is 0 Å². The molecular weight excluding hydrogens is 136 g/mol. The third-order valence-corrected chi connectivity index (χ3v) is 1.49. The Morgan fingerprint density at radius 3 is 2.22 bits per heavy atom. The second-order valence-corrected chi connectivity index (χ2v) is 2.99. The summed E-state index contributed by atoms with van der Waals surface area (Å²) in [4.78, 5) is 0. The van der Waals surface area contributed by atoms with E-state index in [0.29, 0.717) is 5.84 Å². The predicted octanol–water partition coefficient (Wildman–Crippen LogP) is 1.55. The van der Waals surface area contributed by atoms with E-state index in [-0.39, 0.29) is 17.9 Å². The lowest BCUT2D eigenvalue weighted by Gasteiger charge is -2.16. The van der Waals surface area contributed by atoms with E-state index in [1.807, 2.05) is 0 Å². The summed E-state index contributed by atoms with van der Waals surface area (Å²) in [5.74, 6) is 0.690. The summed E-state index contributed by atoms with van der Waals surface area (Å²) in [5.41, 5.74) is 0.192. The first kappa shape index (κ1) is 8.76. The third-order valence-electron chi connectivity index (χ3n) is 1.49. The summed E-state index contributed by atoms with van der Waals surface area (Å²) in [6.07, 6.45) is 2.03. The van der Waals surface area contributed by atoms with E-state index in [0.717, 1.165) is 12.8 Å². The van der Waals surface area contributed by atoms with Gasteiger partial charge in [-0.2, -0.15) is 0 Å². The van der Waals surface area contributed by atoms with Gasteiger partial charge >= 0.3 is 0 Å². The van der Waals surface area contributed by atoms with E-state index in [1.165, 1.54) is 0 Å². The van der Waals surface area contributed by atoms with Crippen LogP contribution in [0, 0.1) is 5.41 Å². The molecule has 2 N–H and O–H groups in total. The van der Waals surface area contributed by atoms with Crippen LogP contribution < -0.4 is 5.32 Å². The number of nitrogens with one attached hydrogen (secondary N) is 2. The van der Waals surface area contributed by atoms with Crippen LogP contribution in [-0.2, 0) is 0 Å². The van der Waals surface area contributed by atoms with E-state index in [1.54, 1.807) is 0 Å². The lowest BCUT2D eigenvalue weighted by molar-refractivity contribution is 0.478. The Bertz CT molecular complexity index is 120. The normalized spacial score (nSPS) is 22.7. The number of rotatable bonds is 0. The van der Waals surface area contributed by atoms with E-state index < -0.39 is 0 Å². The first-order valence-corrected chi connectivity index (χ1v) is 2.96. The first-order valence-electron chi connectivity index (χ1n) is 2.96. The topological polar surface area (TPSA) is 35.9 Å². The summed E-state index contributed by atoms with van der Waals surface area (Å²) in [6.45, 7) is 4.24. The van der Waals surface area contributed by atoms with Gasteiger partial charge in [0.1, 0.15) is 0 Å². The van der Waals surface area contributed by atoms with Crippen molar-refractivity contribution in [3.63, 3.8) is 0 Å². The molecule has 0 amide bonds. The van der Waals surface area contributed by atoms with Gasteiger partial charge in [0.05, 0.1) is 5.84 Å². The van der Waals surface area contributed by atoms with Gasteiger partial charge in [0, 0.05) is 12.0 Å². The molecule has 0 aromatic heterocycles. The summed E-state index contributed by atoms with van der Waals surface area (Å²) in [7, 11) is 0. The molecule has 3 heteroatoms. The monoisotopic (exact) mass is 148 g/mol. The fourth-order valence-electron chi connectivity index (χ4n) is 0.971. The van der Waals surface area contributed by atoms with Gasteiger partial charge in [-0.3, -0.25) is 5.41 Å². The smallest absolute Gasteiger partial charge is 0.0936 e. The van der Waals surface area contributed by atoms with Crippen LogP contribution in [0.5, 0.6) is 0 Å². The third kappa shape index (κ3) is 2.22. The van der Waals surface area contributed by atoms with Gasteiger partial charge in [-0.05, 0) is 20.3 Å². The maximum atomic E-state index is 7.19. The highest BCUT2D eigenvalue weighted by Crippen LogP contribution is 2.17. The zero-order valence-electron chi connectivity index (χ0n) is 5.82. The highest BCUT2D eigenvalue weighted by Gasteiger charge is 2.24. The molecule has 0 spiro atoms. The molecule has 1 aliphatic rings. The van der Waals surface area contributed by atoms with Crippen LogP contribution >= 0.6 is 12.4 Å². The van der Waals surface area contributed by atoms with E-state index in [4.69, 9.17) is 5.41 Å². The molecular formula is C6H13ClN2. The zero-order valence-corrected chi connectivity index (χ0v) is 6.64. The molecule has 1 aliphatic heterocycles. The minimum absolute atomic E-state index is 0. The van der Waals surface area contributed by atoms with Crippen molar-refractivity contribution in [2.75, 3.05) is 0 Å². The summed E-state index contributed by atoms with van der Waals surface area (Å²) in [5, 5.41) is 10.3.